The highest BCUT2D eigenvalue weighted by atomic mass is 35.5. The zero-order valence-corrected chi connectivity index (χ0v) is 19.7. The van der Waals surface area contributed by atoms with Gasteiger partial charge in [0.1, 0.15) is 0 Å². The van der Waals surface area contributed by atoms with Crippen LogP contribution in [0.2, 0.25) is 0 Å². The summed E-state index contributed by atoms with van der Waals surface area (Å²) in [6.45, 7) is 3.38. The van der Waals surface area contributed by atoms with Crippen LogP contribution in [-0.2, 0) is 22.4 Å². The van der Waals surface area contributed by atoms with Crippen LogP contribution in [0, 0.1) is 11.8 Å². The van der Waals surface area contributed by atoms with Crippen molar-refractivity contribution in [3.8, 4) is 0 Å². The fourth-order valence-electron chi connectivity index (χ4n) is 4.22. The predicted molar refractivity (Wildman–Crippen MR) is 128 cm³/mol. The molecule has 32 heavy (non-hydrogen) atoms. The molecule has 1 aromatic carbocycles. The van der Waals surface area contributed by atoms with E-state index in [0.29, 0.717) is 32.5 Å². The minimum atomic E-state index is -0.779. The highest BCUT2D eigenvalue weighted by molar-refractivity contribution is 6.21. The maximum absolute atomic E-state index is 10.6. The number of rotatable bonds is 14. The van der Waals surface area contributed by atoms with E-state index in [1.807, 2.05) is 37.3 Å². The van der Waals surface area contributed by atoms with Crippen molar-refractivity contribution in [1.82, 2.24) is 0 Å². The van der Waals surface area contributed by atoms with Crippen molar-refractivity contribution >= 4 is 17.6 Å². The number of carboxylic acid groups (broad SMARTS) is 1. The number of carboxylic acids is 1. The zero-order valence-electron chi connectivity index (χ0n) is 18.9. The molecule has 1 aliphatic carbocycles. The Labute approximate surface area is 196 Å². The summed E-state index contributed by atoms with van der Waals surface area (Å²) in [6, 6.07) is 8.19. The van der Waals surface area contributed by atoms with E-state index in [1.54, 1.807) is 6.08 Å². The van der Waals surface area contributed by atoms with Crippen molar-refractivity contribution < 1.29 is 24.9 Å². The maximum Gasteiger partial charge on any atom is 0.303 e. The maximum atomic E-state index is 10.6. The highest BCUT2D eigenvalue weighted by Gasteiger charge is 2.39. The molecule has 1 aliphatic rings. The first kappa shape index (κ1) is 26.6. The Bertz CT molecular complexity index is 747. The molecule has 5 nitrogen and oxygen atoms in total. The first-order valence-corrected chi connectivity index (χ1v) is 12.0. The number of alkyl halides is 1. The Balaban J connectivity index is 1.88. The van der Waals surface area contributed by atoms with Crippen molar-refractivity contribution in [3.63, 3.8) is 0 Å². The molecule has 178 valence electrons. The summed E-state index contributed by atoms with van der Waals surface area (Å²) in [6.07, 6.45) is 10.7. The number of aliphatic hydroxyl groups excluding tert-OH is 2. The van der Waals surface area contributed by atoms with E-state index >= 15 is 0 Å². The van der Waals surface area contributed by atoms with Crippen LogP contribution in [0.15, 0.2) is 48.6 Å². The van der Waals surface area contributed by atoms with E-state index in [1.165, 1.54) is 5.56 Å². The van der Waals surface area contributed by atoms with E-state index in [9.17, 15) is 15.0 Å². The van der Waals surface area contributed by atoms with Gasteiger partial charge < -0.3 is 20.1 Å². The molecule has 0 aliphatic heterocycles. The highest BCUT2D eigenvalue weighted by Crippen LogP contribution is 2.39. The molecule has 3 N–H and O–H groups in total. The molecule has 0 saturated heterocycles. The number of aliphatic carboxylic acids is 1. The Kier molecular flexibility index (Phi) is 12.0. The summed E-state index contributed by atoms with van der Waals surface area (Å²) >= 11 is 6.49. The molecule has 0 radical (unpaired) electrons. The normalized spacial score (nSPS) is 24.5. The van der Waals surface area contributed by atoms with Gasteiger partial charge in [0.05, 0.1) is 18.8 Å². The van der Waals surface area contributed by atoms with Gasteiger partial charge in [-0.1, -0.05) is 48.6 Å². The summed E-state index contributed by atoms with van der Waals surface area (Å²) < 4.78 is 5.42. The number of allylic oxidation sites excluding steroid dienone is 2. The van der Waals surface area contributed by atoms with Crippen LogP contribution in [-0.4, -0.2) is 52.1 Å². The number of unbranched alkanes of at least 4 members (excludes halogenated alkanes) is 1. The Hall–Kier alpha value is -1.66. The summed E-state index contributed by atoms with van der Waals surface area (Å²) in [4.78, 5) is 10.6. The lowest BCUT2D eigenvalue weighted by Crippen LogP contribution is -2.19. The van der Waals surface area contributed by atoms with Crippen LogP contribution in [0.1, 0.15) is 50.2 Å². The third kappa shape index (κ3) is 9.45. The van der Waals surface area contributed by atoms with Crippen LogP contribution in [0.25, 0.3) is 0 Å². The Morgan fingerprint density at radius 1 is 1.31 bits per heavy atom. The number of carbonyl (C=O) groups is 1. The van der Waals surface area contributed by atoms with Gasteiger partial charge in [-0.25, -0.2) is 0 Å². The first-order chi connectivity index (χ1) is 15.4. The third-order valence-corrected chi connectivity index (χ3v) is 6.44. The average Bonchev–Trinajstić information content (AvgIpc) is 3.01. The molecule has 0 amide bonds. The van der Waals surface area contributed by atoms with Crippen molar-refractivity contribution in [2.45, 2.75) is 69.5 Å². The van der Waals surface area contributed by atoms with Crippen LogP contribution in [0.5, 0.6) is 0 Å². The number of hydrogen-bond acceptors (Lipinski definition) is 4. The molecule has 1 fully saturated rings. The van der Waals surface area contributed by atoms with Crippen LogP contribution < -0.4 is 0 Å². The van der Waals surface area contributed by atoms with Crippen molar-refractivity contribution in [2.24, 2.45) is 11.8 Å². The van der Waals surface area contributed by atoms with Crippen molar-refractivity contribution in [1.29, 1.82) is 0 Å². The summed E-state index contributed by atoms with van der Waals surface area (Å²) in [7, 11) is 0. The quantitative estimate of drug-likeness (QED) is 0.214. The third-order valence-electron chi connectivity index (χ3n) is 5.94. The van der Waals surface area contributed by atoms with Gasteiger partial charge in [-0.15, -0.1) is 11.6 Å². The van der Waals surface area contributed by atoms with Crippen LogP contribution in [0.4, 0.5) is 0 Å². The number of hydrogen-bond donors (Lipinski definition) is 3. The van der Waals surface area contributed by atoms with Gasteiger partial charge >= 0.3 is 5.97 Å². The molecule has 1 aromatic rings. The van der Waals surface area contributed by atoms with Gasteiger partial charge in [-0.3, -0.25) is 4.79 Å². The molecule has 0 bridgehead atoms. The lowest BCUT2D eigenvalue weighted by Gasteiger charge is -2.19. The number of halogens is 1. The van der Waals surface area contributed by atoms with Gasteiger partial charge in [0.15, 0.2) is 0 Å². The second kappa shape index (κ2) is 14.5. The van der Waals surface area contributed by atoms with Gasteiger partial charge in [0.2, 0.25) is 0 Å². The van der Waals surface area contributed by atoms with E-state index < -0.39 is 18.2 Å². The summed E-state index contributed by atoms with van der Waals surface area (Å²) in [5.41, 5.74) is 2.26. The lowest BCUT2D eigenvalue weighted by molar-refractivity contribution is -0.137. The molecule has 6 heteroatoms. The smallest absolute Gasteiger partial charge is 0.303 e. The summed E-state index contributed by atoms with van der Waals surface area (Å²) in [5, 5.41) is 29.6. The van der Waals surface area contributed by atoms with Crippen molar-refractivity contribution in [3.05, 3.63) is 59.7 Å². The first-order valence-electron chi connectivity index (χ1n) is 11.6. The van der Waals surface area contributed by atoms with Gasteiger partial charge in [-0.2, -0.15) is 0 Å². The van der Waals surface area contributed by atoms with Gasteiger partial charge in [0.25, 0.3) is 0 Å². The number of benzene rings is 1. The average molecular weight is 465 g/mol. The fourth-order valence-corrected chi connectivity index (χ4v) is 4.67. The minimum absolute atomic E-state index is 0.0905. The molecule has 0 unspecified atom stereocenters. The van der Waals surface area contributed by atoms with Gasteiger partial charge in [0, 0.05) is 30.7 Å². The minimum Gasteiger partial charge on any atom is -0.481 e. The SMILES string of the molecule is CCOCCc1cccc(C[C@H](O)C=C[C@@H]2[C@@H](CC=CCCCC(=O)O)[C@H](Cl)C[C@H]2O)c1. The van der Waals surface area contributed by atoms with E-state index in [2.05, 4.69) is 12.1 Å². The molecule has 2 rings (SSSR count). The standard InChI is InChI=1S/C26H37ClO5/c1-2-32-15-14-19-8-7-9-20(16-19)17-21(28)12-13-23-22(24(27)18-25(23)29)10-5-3-4-6-11-26(30)31/h3,5,7-9,12-13,16,21-25,28-29H,2,4,6,10-11,14-15,17-18H2,1H3,(H,30,31)/t21-,22-,23-,24-,25-/m1/s1. The molecule has 0 heterocycles. The lowest BCUT2D eigenvalue weighted by atomic mass is 9.90. The predicted octanol–water partition coefficient (Wildman–Crippen LogP) is 4.53. The number of ether oxygens (including phenoxy) is 1. The van der Waals surface area contributed by atoms with E-state index in [4.69, 9.17) is 21.4 Å². The van der Waals surface area contributed by atoms with Gasteiger partial charge in [-0.05, 0) is 56.1 Å². The van der Waals surface area contributed by atoms with E-state index in [0.717, 1.165) is 24.8 Å². The second-order valence-corrected chi connectivity index (χ2v) is 9.04. The monoisotopic (exact) mass is 464 g/mol. The largest absolute Gasteiger partial charge is 0.481 e. The molecule has 0 aromatic heterocycles. The van der Waals surface area contributed by atoms with Crippen LogP contribution in [0.3, 0.4) is 0 Å². The van der Waals surface area contributed by atoms with Crippen molar-refractivity contribution in [2.75, 3.05) is 13.2 Å². The zero-order chi connectivity index (χ0) is 23.3. The molecule has 0 spiro atoms. The molecule has 5 atom stereocenters. The second-order valence-electron chi connectivity index (χ2n) is 8.48. The topological polar surface area (TPSA) is 87.0 Å². The molecular weight excluding hydrogens is 428 g/mol. The Morgan fingerprint density at radius 2 is 2.09 bits per heavy atom. The van der Waals surface area contributed by atoms with E-state index in [-0.39, 0.29) is 23.6 Å². The molecule has 1 saturated carbocycles. The molecular formula is C26H37ClO5. The summed E-state index contributed by atoms with van der Waals surface area (Å²) in [5.74, 6) is -0.791. The Morgan fingerprint density at radius 3 is 2.84 bits per heavy atom. The number of aliphatic hydroxyl groups is 2. The van der Waals surface area contributed by atoms with Crippen LogP contribution >= 0.6 is 11.6 Å². The fraction of sp³-hybridized carbons (Fsp3) is 0.577.